The van der Waals surface area contributed by atoms with E-state index in [0.717, 1.165) is 20.1 Å². The van der Waals surface area contributed by atoms with Gasteiger partial charge in [0.1, 0.15) is 11.4 Å². The van der Waals surface area contributed by atoms with E-state index in [1.54, 1.807) is 23.3 Å². The number of rotatable bonds is 4. The Hall–Kier alpha value is -1.99. The molecule has 3 aromatic heterocycles. The molecule has 0 fully saturated rings. The molecule has 5 nitrogen and oxygen atoms in total. The van der Waals surface area contributed by atoms with Gasteiger partial charge >= 0.3 is 0 Å². The van der Waals surface area contributed by atoms with Gasteiger partial charge in [0.25, 0.3) is 5.56 Å². The summed E-state index contributed by atoms with van der Waals surface area (Å²) in [6.45, 7) is 6.51. The Morgan fingerprint density at radius 2 is 2.08 bits per heavy atom. The Morgan fingerprint density at radius 3 is 2.75 bits per heavy atom. The summed E-state index contributed by atoms with van der Waals surface area (Å²) in [4.78, 5) is 34.1. The first-order valence-electron chi connectivity index (χ1n) is 7.60. The minimum atomic E-state index is -0.143. The summed E-state index contributed by atoms with van der Waals surface area (Å²) < 4.78 is 1.40. The van der Waals surface area contributed by atoms with Crippen molar-refractivity contribution in [2.75, 3.05) is 7.05 Å². The number of hydrogen-bond donors (Lipinski definition) is 0. The molecular weight excluding hydrogens is 342 g/mol. The summed E-state index contributed by atoms with van der Waals surface area (Å²) in [7, 11) is 1.76. The van der Waals surface area contributed by atoms with Gasteiger partial charge in [0.2, 0.25) is 5.91 Å². The van der Waals surface area contributed by atoms with Gasteiger partial charge in [-0.15, -0.1) is 22.7 Å². The third kappa shape index (κ3) is 3.01. The van der Waals surface area contributed by atoms with Crippen LogP contribution in [0.4, 0.5) is 0 Å². The van der Waals surface area contributed by atoms with Crippen molar-refractivity contribution in [1.29, 1.82) is 0 Å². The second kappa shape index (κ2) is 6.49. The van der Waals surface area contributed by atoms with E-state index in [1.807, 2.05) is 32.2 Å². The van der Waals surface area contributed by atoms with Crippen LogP contribution in [0, 0.1) is 20.8 Å². The largest absolute Gasteiger partial charge is 0.339 e. The number of carbonyl (C=O) groups is 1. The van der Waals surface area contributed by atoms with E-state index in [1.165, 1.54) is 27.8 Å². The molecule has 0 aliphatic carbocycles. The number of amides is 1. The number of fused-ring (bicyclic) bond motifs is 1. The molecule has 1 amide bonds. The summed E-state index contributed by atoms with van der Waals surface area (Å²) in [5.74, 6) is -0.101. The number of likely N-dealkylation sites (N-methyl/N-ethyl adjacent to an activating group) is 1. The summed E-state index contributed by atoms with van der Waals surface area (Å²) in [6, 6.07) is 2.04. The maximum absolute atomic E-state index is 12.7. The van der Waals surface area contributed by atoms with E-state index in [4.69, 9.17) is 0 Å². The van der Waals surface area contributed by atoms with Crippen LogP contribution in [-0.4, -0.2) is 27.4 Å². The van der Waals surface area contributed by atoms with Gasteiger partial charge in [-0.3, -0.25) is 14.2 Å². The number of thiophene rings is 2. The third-order valence-corrected chi connectivity index (χ3v) is 6.36. The van der Waals surface area contributed by atoms with Crippen molar-refractivity contribution in [2.24, 2.45) is 0 Å². The average molecular weight is 361 g/mol. The maximum atomic E-state index is 12.7. The lowest BCUT2D eigenvalue weighted by atomic mass is 10.2. The Bertz CT molecular complexity index is 968. The van der Waals surface area contributed by atoms with Crippen molar-refractivity contribution in [1.82, 2.24) is 14.5 Å². The summed E-state index contributed by atoms with van der Waals surface area (Å²) in [5.41, 5.74) is 2.00. The lowest BCUT2D eigenvalue weighted by Gasteiger charge is -2.17. The summed E-state index contributed by atoms with van der Waals surface area (Å²) in [6.07, 6.45) is 1.47. The Labute approximate surface area is 148 Å². The van der Waals surface area contributed by atoms with Crippen molar-refractivity contribution >= 4 is 38.8 Å². The van der Waals surface area contributed by atoms with Crippen molar-refractivity contribution in [2.45, 2.75) is 33.9 Å². The first kappa shape index (κ1) is 16.9. The van der Waals surface area contributed by atoms with Crippen molar-refractivity contribution < 1.29 is 4.79 Å². The fraction of sp³-hybridized carbons (Fsp3) is 0.353. The first-order chi connectivity index (χ1) is 11.4. The molecule has 0 radical (unpaired) electrons. The molecule has 0 aromatic carbocycles. The monoisotopic (exact) mass is 361 g/mol. The molecular formula is C17H19N3O2S2. The van der Waals surface area contributed by atoms with Crippen LogP contribution in [0.2, 0.25) is 0 Å². The highest BCUT2D eigenvalue weighted by atomic mass is 32.1. The van der Waals surface area contributed by atoms with Gasteiger partial charge in [-0.05, 0) is 43.3 Å². The van der Waals surface area contributed by atoms with Crippen molar-refractivity contribution in [3.63, 3.8) is 0 Å². The lowest BCUT2D eigenvalue weighted by molar-refractivity contribution is -0.131. The van der Waals surface area contributed by atoms with Crippen LogP contribution in [0.5, 0.6) is 0 Å². The minimum absolute atomic E-state index is 0.0109. The average Bonchev–Trinajstić information content (AvgIpc) is 3.06. The smallest absolute Gasteiger partial charge is 0.262 e. The molecule has 0 bridgehead atoms. The molecule has 0 aliphatic heterocycles. The van der Waals surface area contributed by atoms with Crippen molar-refractivity contribution in [3.8, 4) is 0 Å². The van der Waals surface area contributed by atoms with Crippen LogP contribution in [0.25, 0.3) is 10.2 Å². The Balaban J connectivity index is 1.83. The van der Waals surface area contributed by atoms with Gasteiger partial charge in [0.05, 0.1) is 18.3 Å². The summed E-state index contributed by atoms with van der Waals surface area (Å²) >= 11 is 3.15. The molecule has 24 heavy (non-hydrogen) atoms. The predicted molar refractivity (Wildman–Crippen MR) is 98.9 cm³/mol. The van der Waals surface area contributed by atoms with Crippen LogP contribution in [-0.2, 0) is 17.9 Å². The summed E-state index contributed by atoms with van der Waals surface area (Å²) in [5, 5.41) is 2.65. The zero-order chi connectivity index (χ0) is 17.4. The van der Waals surface area contributed by atoms with E-state index in [-0.39, 0.29) is 18.0 Å². The molecule has 0 aliphatic rings. The number of hydrogen-bond acceptors (Lipinski definition) is 5. The van der Waals surface area contributed by atoms with Gasteiger partial charge in [-0.25, -0.2) is 4.98 Å². The molecule has 0 saturated carbocycles. The van der Waals surface area contributed by atoms with Gasteiger partial charge in [-0.2, -0.15) is 0 Å². The fourth-order valence-electron chi connectivity index (χ4n) is 2.52. The lowest BCUT2D eigenvalue weighted by Crippen LogP contribution is -2.33. The van der Waals surface area contributed by atoms with Gasteiger partial charge in [-0.1, -0.05) is 0 Å². The van der Waals surface area contributed by atoms with E-state index in [0.29, 0.717) is 11.9 Å². The zero-order valence-electron chi connectivity index (χ0n) is 14.1. The highest BCUT2D eigenvalue weighted by Gasteiger charge is 2.16. The zero-order valence-corrected chi connectivity index (χ0v) is 15.8. The maximum Gasteiger partial charge on any atom is 0.262 e. The van der Waals surface area contributed by atoms with Crippen LogP contribution < -0.4 is 5.56 Å². The first-order valence-corrected chi connectivity index (χ1v) is 9.30. The number of aryl methyl sites for hydroxylation is 3. The molecule has 3 aromatic rings. The van der Waals surface area contributed by atoms with Crippen LogP contribution in [0.3, 0.4) is 0 Å². The number of carbonyl (C=O) groups excluding carboxylic acids is 1. The fourth-order valence-corrected chi connectivity index (χ4v) is 4.46. The second-order valence-electron chi connectivity index (χ2n) is 5.92. The van der Waals surface area contributed by atoms with E-state index >= 15 is 0 Å². The molecule has 7 heteroatoms. The van der Waals surface area contributed by atoms with E-state index < -0.39 is 0 Å². The number of aromatic nitrogens is 2. The minimum Gasteiger partial charge on any atom is -0.339 e. The molecule has 0 atom stereocenters. The Kier molecular flexibility index (Phi) is 4.56. The predicted octanol–water partition coefficient (Wildman–Crippen LogP) is 3.10. The highest BCUT2D eigenvalue weighted by Crippen LogP contribution is 2.25. The van der Waals surface area contributed by atoms with Crippen molar-refractivity contribution in [3.05, 3.63) is 49.0 Å². The molecule has 3 heterocycles. The number of nitrogens with zero attached hydrogens (tertiary/aromatic N) is 3. The Morgan fingerprint density at radius 1 is 1.33 bits per heavy atom. The van der Waals surface area contributed by atoms with E-state index in [9.17, 15) is 9.59 Å². The topological polar surface area (TPSA) is 55.2 Å². The quantitative estimate of drug-likeness (QED) is 0.717. The van der Waals surface area contributed by atoms with Crippen LogP contribution in [0.15, 0.2) is 22.6 Å². The van der Waals surface area contributed by atoms with Gasteiger partial charge < -0.3 is 4.90 Å². The second-order valence-corrected chi connectivity index (χ2v) is 8.12. The standard InChI is InChI=1S/C17H19N3O2S2/c1-10-5-6-23-13(10)7-19(4)14(21)8-20-9-18-16-15(17(20)22)11(2)12(3)24-16/h5-6,9H,7-8H2,1-4H3. The van der Waals surface area contributed by atoms with Gasteiger partial charge in [0, 0.05) is 16.8 Å². The van der Waals surface area contributed by atoms with Crippen LogP contribution in [0.1, 0.15) is 20.9 Å². The normalized spacial score (nSPS) is 11.2. The SMILES string of the molecule is Cc1ccsc1CN(C)C(=O)Cn1cnc2sc(C)c(C)c2c1=O. The molecule has 0 spiro atoms. The molecule has 0 N–H and O–H groups in total. The molecule has 0 unspecified atom stereocenters. The molecule has 0 saturated heterocycles. The third-order valence-electron chi connectivity index (χ3n) is 4.24. The molecule has 126 valence electrons. The highest BCUT2D eigenvalue weighted by molar-refractivity contribution is 7.18. The van der Waals surface area contributed by atoms with E-state index in [2.05, 4.69) is 4.98 Å². The van der Waals surface area contributed by atoms with Gasteiger partial charge in [0.15, 0.2) is 0 Å². The van der Waals surface area contributed by atoms with Crippen LogP contribution >= 0.6 is 22.7 Å². The molecule has 3 rings (SSSR count).